The first kappa shape index (κ1) is 18.9. The summed E-state index contributed by atoms with van der Waals surface area (Å²) in [5, 5.41) is 3.17. The molecule has 0 unspecified atom stereocenters. The number of carbonyl (C=O) groups is 1. The van der Waals surface area contributed by atoms with Crippen molar-refractivity contribution in [3.8, 4) is 11.5 Å². The number of nitrogens with zero attached hydrogens (tertiary/aromatic N) is 2. The molecule has 0 radical (unpaired) electrons. The van der Waals surface area contributed by atoms with Gasteiger partial charge in [-0.25, -0.2) is 14.2 Å². The summed E-state index contributed by atoms with van der Waals surface area (Å²) in [5.41, 5.74) is -0.341. The highest BCUT2D eigenvalue weighted by molar-refractivity contribution is 6.35. The van der Waals surface area contributed by atoms with Crippen LogP contribution in [0, 0.1) is 5.82 Å². The molecule has 1 aromatic heterocycles. The van der Waals surface area contributed by atoms with Crippen molar-refractivity contribution in [1.82, 2.24) is 9.55 Å². The summed E-state index contributed by atoms with van der Waals surface area (Å²) < 4.78 is 20.8. The van der Waals surface area contributed by atoms with Crippen LogP contribution in [-0.4, -0.2) is 15.5 Å². The van der Waals surface area contributed by atoms with Crippen molar-refractivity contribution in [2.75, 3.05) is 5.32 Å². The third-order valence-electron chi connectivity index (χ3n) is 3.43. The fraction of sp³-hybridized carbons (Fsp3) is 0.0556. The topological polar surface area (TPSA) is 73.2 Å². The van der Waals surface area contributed by atoms with E-state index < -0.39 is 17.4 Å². The molecule has 0 saturated heterocycles. The summed E-state index contributed by atoms with van der Waals surface area (Å²) in [6.45, 7) is -0.243. The van der Waals surface area contributed by atoms with Gasteiger partial charge in [0, 0.05) is 29.2 Å². The minimum absolute atomic E-state index is 0.0688. The summed E-state index contributed by atoms with van der Waals surface area (Å²) in [6, 6.07) is 10.0. The molecule has 0 aliphatic carbocycles. The van der Waals surface area contributed by atoms with E-state index in [9.17, 15) is 14.0 Å². The number of anilines is 1. The number of hydrogen-bond donors (Lipinski definition) is 1. The molecule has 9 heteroatoms. The lowest BCUT2D eigenvalue weighted by Gasteiger charge is -2.11. The lowest BCUT2D eigenvalue weighted by Crippen LogP contribution is -2.28. The quantitative estimate of drug-likeness (QED) is 0.690. The molecular weight excluding hydrogens is 396 g/mol. The minimum atomic E-state index is -0.697. The van der Waals surface area contributed by atoms with Gasteiger partial charge in [0.25, 0.3) is 0 Å². The zero-order valence-electron chi connectivity index (χ0n) is 13.7. The first-order valence-electron chi connectivity index (χ1n) is 7.66. The second-order valence-electron chi connectivity index (χ2n) is 5.40. The van der Waals surface area contributed by atoms with Crippen LogP contribution in [0.25, 0.3) is 0 Å². The van der Waals surface area contributed by atoms with E-state index in [0.29, 0.717) is 5.02 Å². The van der Waals surface area contributed by atoms with E-state index in [1.54, 1.807) is 6.07 Å². The van der Waals surface area contributed by atoms with Crippen LogP contribution >= 0.6 is 23.2 Å². The molecule has 1 N–H and O–H groups in total. The van der Waals surface area contributed by atoms with Crippen LogP contribution in [-0.2, 0) is 11.3 Å². The Hall–Kier alpha value is -2.90. The fourth-order valence-electron chi connectivity index (χ4n) is 2.20. The Bertz CT molecular complexity index is 1060. The zero-order valence-corrected chi connectivity index (χ0v) is 15.2. The monoisotopic (exact) mass is 407 g/mol. The number of carbonyl (C=O) groups excluding carboxylic acids is 1. The van der Waals surface area contributed by atoms with Gasteiger partial charge in [0.2, 0.25) is 5.91 Å². The molecule has 3 aromatic rings. The van der Waals surface area contributed by atoms with Gasteiger partial charge >= 0.3 is 5.69 Å². The molecule has 0 atom stereocenters. The summed E-state index contributed by atoms with van der Waals surface area (Å²) in [5.74, 6) is -1.02. The maximum atomic E-state index is 14.3. The molecule has 1 heterocycles. The van der Waals surface area contributed by atoms with Gasteiger partial charge in [0.05, 0.1) is 5.02 Å². The van der Waals surface area contributed by atoms with E-state index in [4.69, 9.17) is 27.9 Å². The highest BCUT2D eigenvalue weighted by Gasteiger charge is 2.11. The van der Waals surface area contributed by atoms with Gasteiger partial charge in [-0.1, -0.05) is 23.2 Å². The van der Waals surface area contributed by atoms with Crippen molar-refractivity contribution in [2.24, 2.45) is 0 Å². The van der Waals surface area contributed by atoms with Gasteiger partial charge in [-0.2, -0.15) is 0 Å². The van der Waals surface area contributed by atoms with Crippen LogP contribution in [0.5, 0.6) is 11.5 Å². The van der Waals surface area contributed by atoms with Gasteiger partial charge in [-0.05, 0) is 36.4 Å². The molecule has 6 nitrogen and oxygen atoms in total. The Kier molecular flexibility index (Phi) is 5.73. The summed E-state index contributed by atoms with van der Waals surface area (Å²) in [6.07, 6.45) is 2.76. The Morgan fingerprint density at radius 2 is 1.96 bits per heavy atom. The molecule has 0 fully saturated rings. The molecule has 1 amide bonds. The molecule has 0 saturated carbocycles. The van der Waals surface area contributed by atoms with Gasteiger partial charge in [-0.15, -0.1) is 0 Å². The predicted octanol–water partition coefficient (Wildman–Crippen LogP) is 4.12. The summed E-state index contributed by atoms with van der Waals surface area (Å²) >= 11 is 11.8. The second kappa shape index (κ2) is 8.20. The van der Waals surface area contributed by atoms with Gasteiger partial charge in [0.15, 0.2) is 11.6 Å². The maximum absolute atomic E-state index is 14.3. The molecule has 2 aromatic carbocycles. The van der Waals surface area contributed by atoms with Crippen LogP contribution in [0.3, 0.4) is 0 Å². The predicted molar refractivity (Wildman–Crippen MR) is 100 cm³/mol. The normalized spacial score (nSPS) is 10.5. The highest BCUT2D eigenvalue weighted by atomic mass is 35.5. The number of benzene rings is 2. The van der Waals surface area contributed by atoms with Crippen LogP contribution in [0.4, 0.5) is 10.1 Å². The highest BCUT2D eigenvalue weighted by Crippen LogP contribution is 2.33. The zero-order chi connectivity index (χ0) is 19.4. The van der Waals surface area contributed by atoms with Gasteiger partial charge < -0.3 is 10.1 Å². The van der Waals surface area contributed by atoms with E-state index in [0.717, 1.165) is 10.6 Å². The van der Waals surface area contributed by atoms with Crippen molar-refractivity contribution in [1.29, 1.82) is 0 Å². The Morgan fingerprint density at radius 1 is 1.19 bits per heavy atom. The van der Waals surface area contributed by atoms with Crippen molar-refractivity contribution in [3.63, 3.8) is 0 Å². The van der Waals surface area contributed by atoms with Gasteiger partial charge in [-0.3, -0.25) is 9.36 Å². The molecule has 138 valence electrons. The lowest BCUT2D eigenvalue weighted by molar-refractivity contribution is -0.116. The molecule has 0 aliphatic heterocycles. The molecule has 0 aliphatic rings. The fourth-order valence-corrected chi connectivity index (χ4v) is 2.65. The van der Waals surface area contributed by atoms with E-state index >= 15 is 0 Å². The Balaban J connectivity index is 1.70. The average Bonchev–Trinajstić information content (AvgIpc) is 2.61. The lowest BCUT2D eigenvalue weighted by atomic mass is 10.2. The van der Waals surface area contributed by atoms with Crippen molar-refractivity contribution in [2.45, 2.75) is 6.54 Å². The number of rotatable bonds is 5. The van der Waals surface area contributed by atoms with E-state index in [2.05, 4.69) is 10.3 Å². The SMILES string of the molecule is O=C(Cn1cccnc1=O)Nc1ccc(Oc2ccc(Cl)cc2Cl)c(F)c1. The summed E-state index contributed by atoms with van der Waals surface area (Å²) in [4.78, 5) is 27.1. The standard InChI is InChI=1S/C18H12Cl2FN3O3/c19-11-2-4-15(13(20)8-11)27-16-5-3-12(9-14(16)21)23-17(25)10-24-7-1-6-22-18(24)26/h1-9H,10H2,(H,23,25). The van der Waals surface area contributed by atoms with E-state index in [-0.39, 0.29) is 28.8 Å². The second-order valence-corrected chi connectivity index (χ2v) is 6.24. The molecule has 0 spiro atoms. The number of hydrogen-bond acceptors (Lipinski definition) is 4. The Labute approximate surface area is 163 Å². The van der Waals surface area contributed by atoms with Gasteiger partial charge in [0.1, 0.15) is 12.3 Å². The Morgan fingerprint density at radius 3 is 2.67 bits per heavy atom. The number of halogens is 3. The first-order chi connectivity index (χ1) is 12.9. The molecule has 0 bridgehead atoms. The average molecular weight is 408 g/mol. The van der Waals surface area contributed by atoms with Crippen LogP contribution < -0.4 is 15.7 Å². The third-order valence-corrected chi connectivity index (χ3v) is 3.96. The van der Waals surface area contributed by atoms with E-state index in [1.165, 1.54) is 42.7 Å². The largest absolute Gasteiger partial charge is 0.453 e. The molecular formula is C18H12Cl2FN3O3. The number of ether oxygens (including phenoxy) is 1. The van der Waals surface area contributed by atoms with Crippen LogP contribution in [0.15, 0.2) is 59.7 Å². The third kappa shape index (κ3) is 4.84. The van der Waals surface area contributed by atoms with Crippen molar-refractivity contribution in [3.05, 3.63) is 81.2 Å². The molecule has 27 heavy (non-hydrogen) atoms. The van der Waals surface area contributed by atoms with Crippen molar-refractivity contribution >= 4 is 34.8 Å². The van der Waals surface area contributed by atoms with E-state index in [1.807, 2.05) is 0 Å². The van der Waals surface area contributed by atoms with Crippen LogP contribution in [0.1, 0.15) is 0 Å². The number of amides is 1. The number of nitrogens with one attached hydrogen (secondary N) is 1. The van der Waals surface area contributed by atoms with Crippen LogP contribution in [0.2, 0.25) is 10.0 Å². The minimum Gasteiger partial charge on any atom is -0.453 e. The smallest absolute Gasteiger partial charge is 0.347 e. The first-order valence-corrected chi connectivity index (χ1v) is 8.42. The van der Waals surface area contributed by atoms with Crippen molar-refractivity contribution < 1.29 is 13.9 Å². The summed E-state index contributed by atoms with van der Waals surface area (Å²) in [7, 11) is 0. The number of aromatic nitrogens is 2. The maximum Gasteiger partial charge on any atom is 0.347 e. The molecule has 3 rings (SSSR count).